The fourth-order valence-electron chi connectivity index (χ4n) is 2.14. The zero-order valence-corrected chi connectivity index (χ0v) is 9.02. The van der Waals surface area contributed by atoms with E-state index in [4.69, 9.17) is 16.7 Å². The Kier molecular flexibility index (Phi) is 2.95. The van der Waals surface area contributed by atoms with Gasteiger partial charge in [-0.1, -0.05) is 18.0 Å². The molecule has 2 rings (SSSR count). The van der Waals surface area contributed by atoms with E-state index < -0.39 is 5.97 Å². The molecule has 1 aromatic rings. The third-order valence-electron chi connectivity index (χ3n) is 2.94. The lowest BCUT2D eigenvalue weighted by atomic mass is 9.86. The van der Waals surface area contributed by atoms with Gasteiger partial charge in [-0.2, -0.15) is 5.10 Å². The monoisotopic (exact) mass is 228 g/mol. The molecule has 4 nitrogen and oxygen atoms in total. The number of carboxylic acids is 1. The van der Waals surface area contributed by atoms with Gasteiger partial charge in [0, 0.05) is 6.20 Å². The van der Waals surface area contributed by atoms with Gasteiger partial charge in [-0.25, -0.2) is 0 Å². The minimum Gasteiger partial charge on any atom is -0.481 e. The van der Waals surface area contributed by atoms with Gasteiger partial charge in [0.05, 0.1) is 23.2 Å². The maximum Gasteiger partial charge on any atom is 0.306 e. The summed E-state index contributed by atoms with van der Waals surface area (Å²) in [5.74, 6) is -0.926. The van der Waals surface area contributed by atoms with Gasteiger partial charge in [0.25, 0.3) is 0 Å². The standard InChI is InChI=1S/C10H13ClN2O2/c11-8-5-12-13(6-8)9-3-1-2-7(4-9)10(14)15/h5-7,9H,1-4H2,(H,14,15). The topological polar surface area (TPSA) is 55.1 Å². The summed E-state index contributed by atoms with van der Waals surface area (Å²) in [5.41, 5.74) is 0. The highest BCUT2D eigenvalue weighted by atomic mass is 35.5. The van der Waals surface area contributed by atoms with Crippen molar-refractivity contribution in [3.05, 3.63) is 17.4 Å². The summed E-state index contributed by atoms with van der Waals surface area (Å²) >= 11 is 5.78. The number of hydrogen-bond acceptors (Lipinski definition) is 2. The molecule has 2 atom stereocenters. The molecule has 1 fully saturated rings. The van der Waals surface area contributed by atoms with E-state index in [1.807, 2.05) is 0 Å². The van der Waals surface area contributed by atoms with Crippen molar-refractivity contribution in [3.8, 4) is 0 Å². The molecule has 1 N–H and O–H groups in total. The summed E-state index contributed by atoms with van der Waals surface area (Å²) in [5, 5.41) is 13.7. The van der Waals surface area contributed by atoms with Gasteiger partial charge in [-0.15, -0.1) is 0 Å². The SMILES string of the molecule is O=C(O)C1CCCC(n2cc(Cl)cn2)C1. The van der Waals surface area contributed by atoms with Crippen LogP contribution in [0.15, 0.2) is 12.4 Å². The Bertz CT molecular complexity index is 364. The van der Waals surface area contributed by atoms with E-state index >= 15 is 0 Å². The maximum atomic E-state index is 10.9. The average Bonchev–Trinajstić information content (AvgIpc) is 2.65. The van der Waals surface area contributed by atoms with Crippen molar-refractivity contribution in [1.29, 1.82) is 0 Å². The third-order valence-corrected chi connectivity index (χ3v) is 3.14. The lowest BCUT2D eigenvalue weighted by Gasteiger charge is -2.26. The largest absolute Gasteiger partial charge is 0.481 e. The van der Waals surface area contributed by atoms with Crippen molar-refractivity contribution < 1.29 is 9.90 Å². The van der Waals surface area contributed by atoms with Crippen molar-refractivity contribution in [2.45, 2.75) is 31.7 Å². The molecule has 1 saturated carbocycles. The Morgan fingerprint density at radius 1 is 1.60 bits per heavy atom. The summed E-state index contributed by atoms with van der Waals surface area (Å²) < 4.78 is 1.79. The summed E-state index contributed by atoms with van der Waals surface area (Å²) in [6, 6.07) is 0.187. The zero-order chi connectivity index (χ0) is 10.8. The van der Waals surface area contributed by atoms with E-state index in [1.165, 1.54) is 0 Å². The van der Waals surface area contributed by atoms with Crippen molar-refractivity contribution in [2.24, 2.45) is 5.92 Å². The van der Waals surface area contributed by atoms with Crippen LogP contribution in [0.25, 0.3) is 0 Å². The second kappa shape index (κ2) is 4.23. The van der Waals surface area contributed by atoms with Crippen LogP contribution in [-0.4, -0.2) is 20.9 Å². The molecule has 0 aliphatic heterocycles. The van der Waals surface area contributed by atoms with Gasteiger partial charge in [0.1, 0.15) is 0 Å². The molecule has 15 heavy (non-hydrogen) atoms. The highest BCUT2D eigenvalue weighted by Gasteiger charge is 2.28. The van der Waals surface area contributed by atoms with E-state index in [0.29, 0.717) is 11.4 Å². The van der Waals surface area contributed by atoms with Crippen LogP contribution in [0, 0.1) is 5.92 Å². The first-order valence-electron chi connectivity index (χ1n) is 5.09. The van der Waals surface area contributed by atoms with E-state index in [-0.39, 0.29) is 12.0 Å². The van der Waals surface area contributed by atoms with Crippen LogP contribution in [0.4, 0.5) is 0 Å². The second-order valence-corrected chi connectivity index (χ2v) is 4.43. The fourth-order valence-corrected chi connectivity index (χ4v) is 2.29. The molecule has 0 saturated heterocycles. The predicted octanol–water partition coefficient (Wildman–Crippen LogP) is 2.35. The van der Waals surface area contributed by atoms with Crippen LogP contribution in [0.2, 0.25) is 5.02 Å². The van der Waals surface area contributed by atoms with Gasteiger partial charge in [-0.3, -0.25) is 9.48 Å². The number of rotatable bonds is 2. The van der Waals surface area contributed by atoms with Crippen LogP contribution in [0.1, 0.15) is 31.7 Å². The quantitative estimate of drug-likeness (QED) is 0.846. The number of nitrogens with zero attached hydrogens (tertiary/aromatic N) is 2. The van der Waals surface area contributed by atoms with Crippen molar-refractivity contribution in [1.82, 2.24) is 9.78 Å². The molecule has 0 amide bonds. The first-order valence-corrected chi connectivity index (χ1v) is 5.47. The number of carboxylic acid groups (broad SMARTS) is 1. The minimum atomic E-state index is -0.696. The van der Waals surface area contributed by atoms with Crippen LogP contribution < -0.4 is 0 Å². The first-order chi connectivity index (χ1) is 7.16. The van der Waals surface area contributed by atoms with E-state index in [2.05, 4.69) is 5.10 Å². The highest BCUT2D eigenvalue weighted by Crippen LogP contribution is 2.32. The van der Waals surface area contributed by atoms with Gasteiger partial charge in [0.15, 0.2) is 0 Å². The lowest BCUT2D eigenvalue weighted by Crippen LogP contribution is -2.24. The first kappa shape index (κ1) is 10.5. The molecule has 5 heteroatoms. The Labute approximate surface area is 92.8 Å². The molecular formula is C10H13ClN2O2. The van der Waals surface area contributed by atoms with Crippen LogP contribution >= 0.6 is 11.6 Å². The number of hydrogen-bond donors (Lipinski definition) is 1. The van der Waals surface area contributed by atoms with Crippen LogP contribution in [0.5, 0.6) is 0 Å². The number of halogens is 1. The van der Waals surface area contributed by atoms with Gasteiger partial charge in [0.2, 0.25) is 0 Å². The zero-order valence-electron chi connectivity index (χ0n) is 8.27. The molecule has 1 aromatic heterocycles. The summed E-state index contributed by atoms with van der Waals surface area (Å²) in [4.78, 5) is 10.9. The Hall–Kier alpha value is -1.03. The van der Waals surface area contributed by atoms with Crippen LogP contribution in [-0.2, 0) is 4.79 Å². The third kappa shape index (κ3) is 2.31. The van der Waals surface area contributed by atoms with Gasteiger partial charge in [-0.05, 0) is 19.3 Å². The number of aromatic nitrogens is 2. The Morgan fingerprint density at radius 3 is 3.00 bits per heavy atom. The summed E-state index contributed by atoms with van der Waals surface area (Å²) in [7, 11) is 0. The number of aliphatic carboxylic acids is 1. The minimum absolute atomic E-state index is 0.187. The second-order valence-electron chi connectivity index (χ2n) is 3.99. The normalized spacial score (nSPS) is 26.5. The van der Waals surface area contributed by atoms with Gasteiger partial charge < -0.3 is 5.11 Å². The Morgan fingerprint density at radius 2 is 2.40 bits per heavy atom. The molecular weight excluding hydrogens is 216 g/mol. The van der Waals surface area contributed by atoms with Crippen molar-refractivity contribution >= 4 is 17.6 Å². The Balaban J connectivity index is 2.07. The predicted molar refractivity (Wildman–Crippen MR) is 55.9 cm³/mol. The molecule has 1 aliphatic carbocycles. The molecule has 0 aromatic carbocycles. The van der Waals surface area contributed by atoms with E-state index in [1.54, 1.807) is 17.1 Å². The summed E-state index contributed by atoms with van der Waals surface area (Å²) in [6.45, 7) is 0. The van der Waals surface area contributed by atoms with Crippen LogP contribution in [0.3, 0.4) is 0 Å². The lowest BCUT2D eigenvalue weighted by molar-refractivity contribution is -0.143. The highest BCUT2D eigenvalue weighted by molar-refractivity contribution is 6.30. The van der Waals surface area contributed by atoms with Crippen molar-refractivity contribution in [3.63, 3.8) is 0 Å². The van der Waals surface area contributed by atoms with E-state index in [0.717, 1.165) is 19.3 Å². The fraction of sp³-hybridized carbons (Fsp3) is 0.600. The molecule has 82 valence electrons. The molecule has 0 radical (unpaired) electrons. The summed E-state index contributed by atoms with van der Waals surface area (Å²) in [6.07, 6.45) is 6.72. The number of carbonyl (C=O) groups is 1. The van der Waals surface area contributed by atoms with E-state index in [9.17, 15) is 4.79 Å². The average molecular weight is 229 g/mol. The molecule has 2 unspecified atom stereocenters. The molecule has 1 heterocycles. The smallest absolute Gasteiger partial charge is 0.306 e. The molecule has 0 spiro atoms. The van der Waals surface area contributed by atoms with Gasteiger partial charge >= 0.3 is 5.97 Å². The molecule has 1 aliphatic rings. The van der Waals surface area contributed by atoms with Crippen molar-refractivity contribution in [2.75, 3.05) is 0 Å². The molecule has 0 bridgehead atoms. The maximum absolute atomic E-state index is 10.9.